The Bertz CT molecular complexity index is 598. The summed E-state index contributed by atoms with van der Waals surface area (Å²) < 4.78 is 4.60. The van der Waals surface area contributed by atoms with Crippen LogP contribution >= 0.6 is 0 Å². The molecule has 3 atom stereocenters. The van der Waals surface area contributed by atoms with Crippen LogP contribution in [0.25, 0.3) is 0 Å². The molecule has 22 heavy (non-hydrogen) atoms. The molecule has 1 aliphatic rings. The van der Waals surface area contributed by atoms with Crippen LogP contribution in [0, 0.1) is 5.92 Å². The molecule has 0 bridgehead atoms. The molecule has 0 radical (unpaired) electrons. The van der Waals surface area contributed by atoms with Gasteiger partial charge in [-0.15, -0.1) is 0 Å². The molecule has 0 spiro atoms. The number of amides is 1. The van der Waals surface area contributed by atoms with Gasteiger partial charge in [0.15, 0.2) is 5.60 Å². The van der Waals surface area contributed by atoms with Crippen molar-refractivity contribution in [1.29, 1.82) is 0 Å². The molecule has 0 saturated carbocycles. The molecule has 1 aliphatic heterocycles. The Morgan fingerprint density at radius 1 is 1.36 bits per heavy atom. The highest BCUT2D eigenvalue weighted by Crippen LogP contribution is 2.39. The third-order valence-corrected chi connectivity index (χ3v) is 4.48. The lowest BCUT2D eigenvalue weighted by atomic mass is 9.76. The maximum atomic E-state index is 12.4. The van der Waals surface area contributed by atoms with Gasteiger partial charge in [0.25, 0.3) is 5.91 Å². The van der Waals surface area contributed by atoms with Crippen molar-refractivity contribution in [1.82, 2.24) is 4.90 Å². The molecule has 1 saturated heterocycles. The lowest BCUT2D eigenvalue weighted by Crippen LogP contribution is -2.70. The average Bonchev–Trinajstić information content (AvgIpc) is 2.56. The van der Waals surface area contributed by atoms with E-state index < -0.39 is 17.5 Å². The normalized spacial score (nSPS) is 23.5. The minimum absolute atomic E-state index is 0.102. The maximum absolute atomic E-state index is 12.4. The number of esters is 1. The van der Waals surface area contributed by atoms with Crippen LogP contribution in [0.1, 0.15) is 25.5 Å². The molecule has 5 nitrogen and oxygen atoms in total. The minimum Gasteiger partial charge on any atom is -0.466 e. The first-order valence-electron chi connectivity index (χ1n) is 7.18. The van der Waals surface area contributed by atoms with E-state index in [2.05, 4.69) is 11.3 Å². The highest BCUT2D eigenvalue weighted by molar-refractivity contribution is 5.96. The molecular formula is C17H21NO4. The largest absolute Gasteiger partial charge is 0.466 e. The van der Waals surface area contributed by atoms with E-state index in [4.69, 9.17) is 0 Å². The van der Waals surface area contributed by atoms with Crippen LogP contribution in [0.2, 0.25) is 0 Å². The molecule has 1 aromatic carbocycles. The van der Waals surface area contributed by atoms with Crippen molar-refractivity contribution in [2.24, 2.45) is 5.92 Å². The Labute approximate surface area is 130 Å². The fourth-order valence-electron chi connectivity index (χ4n) is 2.70. The van der Waals surface area contributed by atoms with Gasteiger partial charge in [-0.05, 0) is 12.5 Å². The standard InChI is InChI=1S/C17H21NO4/c1-11(15(19)22-4)12(2)17(21)10-18(16(17)20)13(3)14-8-6-5-7-9-14/h5-9,12-13,21H,1,10H2,2-4H3/t12-,13+,17+/m1/s1. The number of ether oxygens (including phenoxy) is 1. The molecule has 0 unspecified atom stereocenters. The summed E-state index contributed by atoms with van der Waals surface area (Å²) in [6.45, 7) is 7.32. The van der Waals surface area contributed by atoms with Gasteiger partial charge in [-0.2, -0.15) is 0 Å². The monoisotopic (exact) mass is 303 g/mol. The molecule has 0 aliphatic carbocycles. The van der Waals surface area contributed by atoms with Crippen molar-refractivity contribution in [2.75, 3.05) is 13.7 Å². The number of carbonyl (C=O) groups is 2. The van der Waals surface area contributed by atoms with E-state index in [-0.39, 0.29) is 24.1 Å². The van der Waals surface area contributed by atoms with Crippen molar-refractivity contribution >= 4 is 11.9 Å². The van der Waals surface area contributed by atoms with E-state index in [1.807, 2.05) is 37.3 Å². The molecule has 1 amide bonds. The number of benzene rings is 1. The Morgan fingerprint density at radius 2 is 1.95 bits per heavy atom. The van der Waals surface area contributed by atoms with Gasteiger partial charge in [-0.1, -0.05) is 43.8 Å². The second kappa shape index (κ2) is 5.93. The van der Waals surface area contributed by atoms with Gasteiger partial charge in [0, 0.05) is 11.5 Å². The summed E-state index contributed by atoms with van der Waals surface area (Å²) in [5.74, 6) is -1.68. The first kappa shape index (κ1) is 16.2. The van der Waals surface area contributed by atoms with Crippen LogP contribution in [-0.4, -0.2) is 41.1 Å². The van der Waals surface area contributed by atoms with Crippen LogP contribution in [0.15, 0.2) is 42.5 Å². The molecule has 1 aromatic rings. The molecular weight excluding hydrogens is 282 g/mol. The number of rotatable bonds is 5. The van der Waals surface area contributed by atoms with E-state index in [0.29, 0.717) is 0 Å². The number of hydrogen-bond acceptors (Lipinski definition) is 4. The molecule has 1 heterocycles. The van der Waals surface area contributed by atoms with Crippen LogP contribution < -0.4 is 0 Å². The fraction of sp³-hybridized carbons (Fsp3) is 0.412. The number of nitrogens with zero attached hydrogens (tertiary/aromatic N) is 1. The second-order valence-corrected chi connectivity index (χ2v) is 5.68. The van der Waals surface area contributed by atoms with Crippen molar-refractivity contribution < 1.29 is 19.4 Å². The summed E-state index contributed by atoms with van der Waals surface area (Å²) in [4.78, 5) is 25.6. The summed E-state index contributed by atoms with van der Waals surface area (Å²) in [5.41, 5.74) is -0.489. The van der Waals surface area contributed by atoms with E-state index in [1.165, 1.54) is 7.11 Å². The van der Waals surface area contributed by atoms with Crippen LogP contribution in [-0.2, 0) is 14.3 Å². The van der Waals surface area contributed by atoms with E-state index in [1.54, 1.807) is 11.8 Å². The van der Waals surface area contributed by atoms with Gasteiger partial charge in [0.1, 0.15) is 0 Å². The Morgan fingerprint density at radius 3 is 2.45 bits per heavy atom. The Hall–Kier alpha value is -2.14. The highest BCUT2D eigenvalue weighted by Gasteiger charge is 2.57. The zero-order chi connectivity index (χ0) is 16.5. The van der Waals surface area contributed by atoms with Crippen molar-refractivity contribution in [3.8, 4) is 0 Å². The van der Waals surface area contributed by atoms with Gasteiger partial charge >= 0.3 is 5.97 Å². The topological polar surface area (TPSA) is 66.8 Å². The quantitative estimate of drug-likeness (QED) is 0.510. The molecule has 2 rings (SSSR count). The van der Waals surface area contributed by atoms with Gasteiger partial charge in [-0.25, -0.2) is 4.79 Å². The lowest BCUT2D eigenvalue weighted by Gasteiger charge is -2.51. The van der Waals surface area contributed by atoms with Crippen LogP contribution in [0.5, 0.6) is 0 Å². The number of β-lactam (4-membered cyclic amide) rings is 1. The molecule has 1 N–H and O–H groups in total. The number of β-amino-alcohol motifs (C(OH)–C–C–N with tert-alkyl or cyclic N) is 1. The summed E-state index contributed by atoms with van der Waals surface area (Å²) in [6, 6.07) is 9.46. The lowest BCUT2D eigenvalue weighted by molar-refractivity contribution is -0.187. The Balaban J connectivity index is 2.11. The predicted molar refractivity (Wildman–Crippen MR) is 81.8 cm³/mol. The molecule has 5 heteroatoms. The molecule has 0 aromatic heterocycles. The van der Waals surface area contributed by atoms with Gasteiger partial charge in [-0.3, -0.25) is 4.79 Å². The first-order chi connectivity index (χ1) is 10.3. The van der Waals surface area contributed by atoms with Gasteiger partial charge < -0.3 is 14.7 Å². The SMILES string of the molecule is C=C(C(=O)OC)[C@@H](C)[C@@]1(O)CN([C@@H](C)c2ccccc2)C1=O. The third-order valence-electron chi connectivity index (χ3n) is 4.48. The van der Waals surface area contributed by atoms with Crippen LogP contribution in [0.4, 0.5) is 0 Å². The summed E-state index contributed by atoms with van der Waals surface area (Å²) in [6.07, 6.45) is 0. The Kier molecular flexibility index (Phi) is 4.37. The minimum atomic E-state index is -1.59. The summed E-state index contributed by atoms with van der Waals surface area (Å²) in [5, 5.41) is 10.6. The van der Waals surface area contributed by atoms with E-state index >= 15 is 0 Å². The predicted octanol–water partition coefficient (Wildman–Crippen LogP) is 1.69. The van der Waals surface area contributed by atoms with Crippen molar-refractivity contribution in [3.05, 3.63) is 48.0 Å². The summed E-state index contributed by atoms with van der Waals surface area (Å²) in [7, 11) is 1.25. The van der Waals surface area contributed by atoms with Crippen molar-refractivity contribution in [2.45, 2.75) is 25.5 Å². The van der Waals surface area contributed by atoms with Crippen molar-refractivity contribution in [3.63, 3.8) is 0 Å². The maximum Gasteiger partial charge on any atom is 0.333 e. The van der Waals surface area contributed by atoms with E-state index in [0.717, 1.165) is 5.56 Å². The number of aliphatic hydroxyl groups is 1. The smallest absolute Gasteiger partial charge is 0.333 e. The number of hydrogen-bond donors (Lipinski definition) is 1. The number of carbonyl (C=O) groups excluding carboxylic acids is 2. The fourth-order valence-corrected chi connectivity index (χ4v) is 2.70. The average molecular weight is 303 g/mol. The molecule has 118 valence electrons. The number of likely N-dealkylation sites (tertiary alicyclic amines) is 1. The first-order valence-corrected chi connectivity index (χ1v) is 7.18. The van der Waals surface area contributed by atoms with Gasteiger partial charge in [0.05, 0.1) is 19.7 Å². The molecule has 1 fully saturated rings. The van der Waals surface area contributed by atoms with Crippen LogP contribution in [0.3, 0.4) is 0 Å². The zero-order valence-corrected chi connectivity index (χ0v) is 13.1. The van der Waals surface area contributed by atoms with Gasteiger partial charge in [0.2, 0.25) is 0 Å². The third kappa shape index (κ3) is 2.52. The number of methoxy groups -OCH3 is 1. The zero-order valence-electron chi connectivity index (χ0n) is 13.1. The second-order valence-electron chi connectivity index (χ2n) is 5.68. The summed E-state index contributed by atoms with van der Waals surface area (Å²) >= 11 is 0. The van der Waals surface area contributed by atoms with E-state index in [9.17, 15) is 14.7 Å². The highest BCUT2D eigenvalue weighted by atomic mass is 16.5.